The fourth-order valence-electron chi connectivity index (χ4n) is 6.67. The lowest BCUT2D eigenvalue weighted by molar-refractivity contribution is -0.0651. The van der Waals surface area contributed by atoms with Crippen molar-refractivity contribution >= 4 is 0 Å². The second-order valence-corrected chi connectivity index (χ2v) is 10.9. The normalized spacial score (nSPS) is 24.2. The smallest absolute Gasteiger partial charge is 0.123 e. The highest BCUT2D eigenvalue weighted by Crippen LogP contribution is 2.52. The zero-order chi connectivity index (χ0) is 22.8. The predicted octanol–water partition coefficient (Wildman–Crippen LogP) is 5.21. The molecule has 0 aromatic heterocycles. The van der Waals surface area contributed by atoms with Gasteiger partial charge >= 0.3 is 0 Å². The van der Waals surface area contributed by atoms with E-state index in [-0.39, 0.29) is 0 Å². The second-order valence-electron chi connectivity index (χ2n) is 10.9. The molecule has 1 spiro atoms. The molecule has 2 aliphatic heterocycles. The fraction of sp³-hybridized carbons (Fsp3) is 0.586. The molecule has 1 aliphatic carbocycles. The number of piperidine rings is 1. The third kappa shape index (κ3) is 4.71. The summed E-state index contributed by atoms with van der Waals surface area (Å²) in [7, 11) is 1.78. The number of para-hydroxylation sites is 1. The number of hydrogen-bond donors (Lipinski definition) is 1. The summed E-state index contributed by atoms with van der Waals surface area (Å²) in [6, 6.07) is 18.9. The van der Waals surface area contributed by atoms with Crippen molar-refractivity contribution in [3.63, 3.8) is 0 Å². The number of ether oxygens (including phenoxy) is 1. The third-order valence-corrected chi connectivity index (χ3v) is 8.54. The first-order valence-electron chi connectivity index (χ1n) is 13.0. The van der Waals surface area contributed by atoms with Crippen LogP contribution >= 0.6 is 0 Å². The van der Waals surface area contributed by atoms with E-state index in [2.05, 4.69) is 77.5 Å². The lowest BCUT2D eigenvalue weighted by Crippen LogP contribution is -2.59. The van der Waals surface area contributed by atoms with Gasteiger partial charge in [-0.2, -0.15) is 0 Å². The van der Waals surface area contributed by atoms with Crippen molar-refractivity contribution in [2.45, 2.75) is 64.1 Å². The summed E-state index contributed by atoms with van der Waals surface area (Å²) < 4.78 is 5.66. The van der Waals surface area contributed by atoms with E-state index in [0.29, 0.717) is 17.4 Å². The number of methoxy groups -OCH3 is 1. The van der Waals surface area contributed by atoms with Crippen molar-refractivity contribution in [3.05, 3.63) is 65.2 Å². The topological polar surface area (TPSA) is 27.7 Å². The largest absolute Gasteiger partial charge is 0.496 e. The van der Waals surface area contributed by atoms with Gasteiger partial charge in [-0.05, 0) is 67.3 Å². The van der Waals surface area contributed by atoms with E-state index < -0.39 is 0 Å². The molecule has 0 bridgehead atoms. The molecule has 33 heavy (non-hydrogen) atoms. The Labute approximate surface area is 200 Å². The molecule has 1 saturated carbocycles. The Kier molecular flexibility index (Phi) is 6.78. The van der Waals surface area contributed by atoms with Gasteiger partial charge in [0.15, 0.2) is 0 Å². The zero-order valence-corrected chi connectivity index (χ0v) is 20.7. The van der Waals surface area contributed by atoms with E-state index in [0.717, 1.165) is 38.0 Å². The summed E-state index contributed by atoms with van der Waals surface area (Å²) >= 11 is 0. The number of benzene rings is 2. The van der Waals surface area contributed by atoms with Crippen molar-refractivity contribution in [3.8, 4) is 5.75 Å². The predicted molar refractivity (Wildman–Crippen MR) is 136 cm³/mol. The summed E-state index contributed by atoms with van der Waals surface area (Å²) in [4.78, 5) is 5.53. The van der Waals surface area contributed by atoms with Crippen LogP contribution in [0.2, 0.25) is 0 Å². The van der Waals surface area contributed by atoms with E-state index in [1.54, 1.807) is 12.7 Å². The Balaban J connectivity index is 1.38. The second kappa shape index (κ2) is 9.77. The minimum Gasteiger partial charge on any atom is -0.496 e. The van der Waals surface area contributed by atoms with Crippen molar-refractivity contribution in [2.75, 3.05) is 39.8 Å². The van der Waals surface area contributed by atoms with Gasteiger partial charge < -0.3 is 10.1 Å². The van der Waals surface area contributed by atoms with Gasteiger partial charge in [0.05, 0.1) is 7.11 Å². The average Bonchev–Trinajstić information content (AvgIpc) is 2.83. The molecule has 1 unspecified atom stereocenters. The Morgan fingerprint density at radius 3 is 2.48 bits per heavy atom. The van der Waals surface area contributed by atoms with Gasteiger partial charge in [0, 0.05) is 43.8 Å². The average molecular weight is 448 g/mol. The van der Waals surface area contributed by atoms with Crippen LogP contribution in [0.15, 0.2) is 48.5 Å². The van der Waals surface area contributed by atoms with E-state index >= 15 is 0 Å². The highest BCUT2D eigenvalue weighted by molar-refractivity contribution is 5.35. The van der Waals surface area contributed by atoms with E-state index in [4.69, 9.17) is 4.74 Å². The number of hydrogen-bond acceptors (Lipinski definition) is 4. The molecular formula is C29H41N3O. The molecule has 4 nitrogen and oxygen atoms in total. The van der Waals surface area contributed by atoms with Crippen LogP contribution in [0.5, 0.6) is 5.75 Å². The maximum atomic E-state index is 5.66. The Morgan fingerprint density at radius 1 is 1.00 bits per heavy atom. The summed E-state index contributed by atoms with van der Waals surface area (Å²) in [6.45, 7) is 11.4. The molecule has 2 saturated heterocycles. The molecule has 1 N–H and O–H groups in total. The van der Waals surface area contributed by atoms with Crippen LogP contribution in [0.25, 0.3) is 0 Å². The first-order chi connectivity index (χ1) is 16.1. The molecule has 3 fully saturated rings. The van der Waals surface area contributed by atoms with Gasteiger partial charge in [-0.15, -0.1) is 0 Å². The summed E-state index contributed by atoms with van der Waals surface area (Å²) in [5, 5.41) is 3.56. The van der Waals surface area contributed by atoms with Gasteiger partial charge in [-0.1, -0.05) is 56.3 Å². The van der Waals surface area contributed by atoms with E-state index in [1.807, 2.05) is 0 Å². The standard InChI is InChI=1S/C29H41N3O/c1-22(2)25-9-5-6-10-26(25)27-21-31(20-23-8-4-7-11-28(23)33-3)16-17-32(27)24-18-29(19-24)12-14-30-15-13-29/h4-11,22,24,27,30H,12-21H2,1-3H3. The van der Waals surface area contributed by atoms with Crippen molar-refractivity contribution in [1.82, 2.24) is 15.1 Å². The number of nitrogens with one attached hydrogen (secondary N) is 1. The number of piperazine rings is 1. The lowest BCUT2D eigenvalue weighted by atomic mass is 9.60. The summed E-state index contributed by atoms with van der Waals surface area (Å²) in [5.74, 6) is 1.55. The zero-order valence-electron chi connectivity index (χ0n) is 20.7. The fourth-order valence-corrected chi connectivity index (χ4v) is 6.67. The van der Waals surface area contributed by atoms with Gasteiger partial charge in [-0.25, -0.2) is 0 Å². The van der Waals surface area contributed by atoms with Crippen molar-refractivity contribution in [2.24, 2.45) is 5.41 Å². The minimum atomic E-state index is 0.469. The molecule has 2 aromatic rings. The van der Waals surface area contributed by atoms with Crippen LogP contribution in [0.4, 0.5) is 0 Å². The quantitative estimate of drug-likeness (QED) is 0.658. The minimum absolute atomic E-state index is 0.469. The molecule has 0 radical (unpaired) electrons. The highest BCUT2D eigenvalue weighted by atomic mass is 16.5. The first kappa shape index (κ1) is 22.9. The van der Waals surface area contributed by atoms with Gasteiger partial charge in [0.1, 0.15) is 5.75 Å². The van der Waals surface area contributed by atoms with Crippen molar-refractivity contribution in [1.29, 1.82) is 0 Å². The maximum absolute atomic E-state index is 5.66. The van der Waals surface area contributed by atoms with Gasteiger partial charge in [0.2, 0.25) is 0 Å². The van der Waals surface area contributed by atoms with Crippen LogP contribution in [0.3, 0.4) is 0 Å². The molecule has 0 amide bonds. The molecular weight excluding hydrogens is 406 g/mol. The number of nitrogens with zero attached hydrogens (tertiary/aromatic N) is 2. The maximum Gasteiger partial charge on any atom is 0.123 e. The third-order valence-electron chi connectivity index (χ3n) is 8.54. The lowest BCUT2D eigenvalue weighted by Gasteiger charge is -2.57. The Morgan fingerprint density at radius 2 is 1.73 bits per heavy atom. The molecule has 1 atom stereocenters. The molecule has 3 aliphatic rings. The molecule has 4 heteroatoms. The molecule has 2 heterocycles. The Bertz CT molecular complexity index is 928. The summed E-state index contributed by atoms with van der Waals surface area (Å²) in [5.41, 5.74) is 4.97. The Hall–Kier alpha value is -1.88. The molecule has 5 rings (SSSR count). The van der Waals surface area contributed by atoms with Crippen LogP contribution in [0, 0.1) is 5.41 Å². The monoisotopic (exact) mass is 447 g/mol. The van der Waals surface area contributed by atoms with Gasteiger partial charge in [-0.3, -0.25) is 9.80 Å². The van der Waals surface area contributed by atoms with Crippen LogP contribution < -0.4 is 10.1 Å². The molecule has 2 aromatic carbocycles. The van der Waals surface area contributed by atoms with Crippen LogP contribution in [-0.2, 0) is 6.54 Å². The SMILES string of the molecule is COc1ccccc1CN1CCN(C2CC3(CCNCC3)C2)C(c2ccccc2C(C)C)C1. The summed E-state index contributed by atoms with van der Waals surface area (Å²) in [6.07, 6.45) is 5.51. The molecule has 178 valence electrons. The van der Waals surface area contributed by atoms with Crippen LogP contribution in [0.1, 0.15) is 68.2 Å². The van der Waals surface area contributed by atoms with Crippen LogP contribution in [-0.4, -0.2) is 55.7 Å². The first-order valence-corrected chi connectivity index (χ1v) is 13.0. The highest BCUT2D eigenvalue weighted by Gasteiger charge is 2.49. The van der Waals surface area contributed by atoms with Gasteiger partial charge in [0.25, 0.3) is 0 Å². The van der Waals surface area contributed by atoms with Crippen molar-refractivity contribution < 1.29 is 4.74 Å². The van der Waals surface area contributed by atoms with E-state index in [1.165, 1.54) is 49.9 Å². The van der Waals surface area contributed by atoms with E-state index in [9.17, 15) is 0 Å². The number of rotatable bonds is 6.